The third kappa shape index (κ3) is 3.25. The smallest absolute Gasteiger partial charge is 0.246 e. The molecule has 2 aliphatic heterocycles. The van der Waals surface area contributed by atoms with Crippen LogP contribution in [0.5, 0.6) is 5.88 Å². The molecule has 27 heavy (non-hydrogen) atoms. The summed E-state index contributed by atoms with van der Waals surface area (Å²) in [6, 6.07) is 8.59. The van der Waals surface area contributed by atoms with Gasteiger partial charge < -0.3 is 15.0 Å². The number of benzene rings is 1. The lowest BCUT2D eigenvalue weighted by Crippen LogP contribution is -2.44. The molecule has 6 nitrogen and oxygen atoms in total. The van der Waals surface area contributed by atoms with Gasteiger partial charge in [-0.15, -0.1) is 5.10 Å². The van der Waals surface area contributed by atoms with Crippen LogP contribution in [-0.4, -0.2) is 46.8 Å². The lowest BCUT2D eigenvalue weighted by atomic mass is 9.99. The van der Waals surface area contributed by atoms with E-state index >= 15 is 0 Å². The highest BCUT2D eigenvalue weighted by atomic mass is 16.5. The van der Waals surface area contributed by atoms with Crippen molar-refractivity contribution >= 4 is 5.91 Å². The zero-order valence-electron chi connectivity index (χ0n) is 15.9. The summed E-state index contributed by atoms with van der Waals surface area (Å²) >= 11 is 0. The molecule has 1 aromatic carbocycles. The summed E-state index contributed by atoms with van der Waals surface area (Å²) in [6.07, 6.45) is 2.25. The van der Waals surface area contributed by atoms with Crippen LogP contribution >= 0.6 is 0 Å². The van der Waals surface area contributed by atoms with Crippen LogP contribution in [0.2, 0.25) is 0 Å². The molecule has 1 atom stereocenters. The Bertz CT molecular complexity index is 854. The fourth-order valence-corrected chi connectivity index (χ4v) is 3.87. The predicted molar refractivity (Wildman–Crippen MR) is 104 cm³/mol. The summed E-state index contributed by atoms with van der Waals surface area (Å²) in [5.41, 5.74) is 4.60. The molecule has 1 aromatic heterocycles. The topological polar surface area (TPSA) is 59.4 Å². The maximum absolute atomic E-state index is 12.1. The minimum Gasteiger partial charge on any atom is -0.474 e. The molecule has 2 aromatic rings. The number of nitrogens with one attached hydrogen (secondary N) is 1. The van der Waals surface area contributed by atoms with Crippen molar-refractivity contribution in [2.75, 3.05) is 26.2 Å². The molecule has 0 spiro atoms. The van der Waals surface area contributed by atoms with Crippen LogP contribution in [0.25, 0.3) is 5.69 Å². The first-order valence-electron chi connectivity index (χ1n) is 9.58. The van der Waals surface area contributed by atoms with Crippen LogP contribution in [0.4, 0.5) is 0 Å². The Morgan fingerprint density at radius 3 is 2.85 bits per heavy atom. The average Bonchev–Trinajstić information content (AvgIpc) is 3.04. The van der Waals surface area contributed by atoms with Gasteiger partial charge >= 0.3 is 0 Å². The Morgan fingerprint density at radius 1 is 1.37 bits per heavy atom. The normalized spacial score (nSPS) is 19.1. The van der Waals surface area contributed by atoms with Crippen molar-refractivity contribution in [2.45, 2.75) is 32.2 Å². The number of nitrogens with zero attached hydrogens (tertiary/aromatic N) is 3. The highest BCUT2D eigenvalue weighted by molar-refractivity contribution is 5.87. The van der Waals surface area contributed by atoms with Crippen LogP contribution in [-0.2, 0) is 11.2 Å². The number of ether oxygens (including phenoxy) is 1. The number of carbonyl (C=O) groups excluding carboxylic acids is 1. The van der Waals surface area contributed by atoms with Gasteiger partial charge in [-0.05, 0) is 29.7 Å². The van der Waals surface area contributed by atoms with Crippen LogP contribution in [0.15, 0.2) is 36.9 Å². The molecule has 0 aliphatic carbocycles. The molecule has 6 heteroatoms. The zero-order valence-corrected chi connectivity index (χ0v) is 15.9. The zero-order chi connectivity index (χ0) is 19.0. The summed E-state index contributed by atoms with van der Waals surface area (Å²) in [7, 11) is 0. The molecule has 3 heterocycles. The van der Waals surface area contributed by atoms with E-state index in [1.54, 1.807) is 4.90 Å². The van der Waals surface area contributed by atoms with E-state index in [4.69, 9.17) is 9.84 Å². The van der Waals surface area contributed by atoms with Crippen molar-refractivity contribution in [1.29, 1.82) is 0 Å². The van der Waals surface area contributed by atoms with Gasteiger partial charge in [-0.1, -0.05) is 32.6 Å². The van der Waals surface area contributed by atoms with Gasteiger partial charge in [-0.3, -0.25) is 4.79 Å². The highest BCUT2D eigenvalue weighted by Crippen LogP contribution is 2.35. The second kappa shape index (κ2) is 7.19. The number of hydrogen-bond acceptors (Lipinski definition) is 4. The summed E-state index contributed by atoms with van der Waals surface area (Å²) in [5.74, 6) is 1.12. The van der Waals surface area contributed by atoms with E-state index in [2.05, 4.69) is 50.0 Å². The Kier molecular flexibility index (Phi) is 4.74. The maximum Gasteiger partial charge on any atom is 0.246 e. The Labute approximate surface area is 159 Å². The number of rotatable bonds is 3. The number of amides is 1. The Hall–Kier alpha value is -2.60. The van der Waals surface area contributed by atoms with Crippen molar-refractivity contribution in [1.82, 2.24) is 20.0 Å². The standard InChI is InChI=1S/C21H26N4O2/c1-4-19(26)24-11-12-27-21-20-17(13-24)22-10-9-18(20)25(23-21)16-7-5-15(6-8-16)14(2)3/h4-8,14,17,22H,1,9-13H2,2-3H3. The van der Waals surface area contributed by atoms with Gasteiger partial charge in [-0.25, -0.2) is 4.68 Å². The third-order valence-corrected chi connectivity index (χ3v) is 5.38. The first kappa shape index (κ1) is 17.8. The molecular formula is C21H26N4O2. The molecule has 0 saturated carbocycles. The van der Waals surface area contributed by atoms with Gasteiger partial charge in [0.2, 0.25) is 11.8 Å². The molecule has 1 amide bonds. The quantitative estimate of drug-likeness (QED) is 0.849. The second-order valence-corrected chi connectivity index (χ2v) is 7.42. The van der Waals surface area contributed by atoms with Crippen molar-refractivity contribution in [3.05, 3.63) is 53.7 Å². The summed E-state index contributed by atoms with van der Waals surface area (Å²) in [4.78, 5) is 13.9. The molecule has 142 valence electrons. The summed E-state index contributed by atoms with van der Waals surface area (Å²) < 4.78 is 7.97. The maximum atomic E-state index is 12.1. The lowest BCUT2D eigenvalue weighted by molar-refractivity contribution is -0.127. The third-order valence-electron chi connectivity index (χ3n) is 5.38. The monoisotopic (exact) mass is 366 g/mol. The molecule has 0 saturated heterocycles. The fraction of sp³-hybridized carbons (Fsp3) is 0.429. The number of hydrogen-bond donors (Lipinski definition) is 1. The van der Waals surface area contributed by atoms with E-state index in [1.165, 1.54) is 17.3 Å². The Morgan fingerprint density at radius 2 is 2.15 bits per heavy atom. The van der Waals surface area contributed by atoms with Crippen molar-refractivity contribution in [3.63, 3.8) is 0 Å². The molecule has 1 N–H and O–H groups in total. The second-order valence-electron chi connectivity index (χ2n) is 7.42. The van der Waals surface area contributed by atoms with Crippen molar-refractivity contribution in [2.24, 2.45) is 0 Å². The van der Waals surface area contributed by atoms with Gasteiger partial charge in [0.25, 0.3) is 0 Å². The average molecular weight is 366 g/mol. The van der Waals surface area contributed by atoms with E-state index < -0.39 is 0 Å². The molecular weight excluding hydrogens is 340 g/mol. The van der Waals surface area contributed by atoms with Crippen molar-refractivity contribution < 1.29 is 9.53 Å². The fourth-order valence-electron chi connectivity index (χ4n) is 3.87. The molecule has 0 fully saturated rings. The molecule has 0 radical (unpaired) electrons. The van der Waals surface area contributed by atoms with E-state index in [-0.39, 0.29) is 11.9 Å². The summed E-state index contributed by atoms with van der Waals surface area (Å²) in [5, 5.41) is 8.30. The minimum absolute atomic E-state index is 0.0247. The molecule has 1 unspecified atom stereocenters. The predicted octanol–water partition coefficient (Wildman–Crippen LogP) is 2.59. The van der Waals surface area contributed by atoms with E-state index in [1.807, 2.05) is 4.68 Å². The SMILES string of the molecule is C=CC(=O)N1CCOc2nn(-c3ccc(C(C)C)cc3)c3c2C(C1)NCC3. The minimum atomic E-state index is -0.0624. The number of aromatic nitrogens is 2. The lowest BCUT2D eigenvalue weighted by Gasteiger charge is -2.32. The van der Waals surface area contributed by atoms with Crippen LogP contribution in [0.1, 0.15) is 42.6 Å². The van der Waals surface area contributed by atoms with Gasteiger partial charge in [0, 0.05) is 19.5 Å². The first-order valence-corrected chi connectivity index (χ1v) is 9.58. The molecule has 4 rings (SSSR count). The van der Waals surface area contributed by atoms with E-state index in [0.717, 1.165) is 24.2 Å². The van der Waals surface area contributed by atoms with Crippen molar-refractivity contribution in [3.8, 4) is 11.6 Å². The molecule has 2 aliphatic rings. The van der Waals surface area contributed by atoms with Gasteiger partial charge in [0.1, 0.15) is 6.61 Å². The first-order chi connectivity index (χ1) is 13.1. The van der Waals surface area contributed by atoms with Gasteiger partial charge in [0.15, 0.2) is 0 Å². The van der Waals surface area contributed by atoms with Gasteiger partial charge in [-0.2, -0.15) is 0 Å². The van der Waals surface area contributed by atoms with Crippen LogP contribution in [0.3, 0.4) is 0 Å². The van der Waals surface area contributed by atoms with Gasteiger partial charge in [0.05, 0.1) is 29.5 Å². The Balaban J connectivity index is 1.72. The van der Waals surface area contributed by atoms with Crippen LogP contribution < -0.4 is 10.1 Å². The van der Waals surface area contributed by atoms with Crippen LogP contribution in [0, 0.1) is 0 Å². The highest BCUT2D eigenvalue weighted by Gasteiger charge is 2.33. The van der Waals surface area contributed by atoms with E-state index in [0.29, 0.717) is 31.5 Å². The van der Waals surface area contributed by atoms with E-state index in [9.17, 15) is 4.79 Å². The number of carbonyl (C=O) groups is 1. The molecule has 0 bridgehead atoms. The largest absolute Gasteiger partial charge is 0.474 e. The summed E-state index contributed by atoms with van der Waals surface area (Å²) in [6.45, 7) is 10.4.